The monoisotopic (exact) mass is 212 g/mol. The summed E-state index contributed by atoms with van der Waals surface area (Å²) in [6.45, 7) is 0.781. The average molecular weight is 212 g/mol. The molecule has 0 bridgehead atoms. The van der Waals surface area contributed by atoms with Crippen LogP contribution in [0.5, 0.6) is 0 Å². The number of halogens is 1. The Hall–Kier alpha value is -1.46. The molecule has 5 heteroatoms. The highest BCUT2D eigenvalue weighted by Gasteiger charge is 2.22. The van der Waals surface area contributed by atoms with Crippen molar-refractivity contribution in [1.29, 1.82) is 0 Å². The summed E-state index contributed by atoms with van der Waals surface area (Å²) in [5.74, 6) is -1.62. The summed E-state index contributed by atoms with van der Waals surface area (Å²) in [7, 11) is 0. The van der Waals surface area contributed by atoms with Gasteiger partial charge in [0.05, 0.1) is 18.8 Å². The molecule has 1 aliphatic rings. The molecule has 1 N–H and O–H groups in total. The highest BCUT2D eigenvalue weighted by atomic mass is 19.1. The largest absolute Gasteiger partial charge is 0.478 e. The molecule has 1 aliphatic heterocycles. The quantitative estimate of drug-likeness (QED) is 0.808. The summed E-state index contributed by atoms with van der Waals surface area (Å²) < 4.78 is 23.5. The van der Waals surface area contributed by atoms with Crippen molar-refractivity contribution in [2.45, 2.75) is 6.29 Å². The number of benzene rings is 1. The van der Waals surface area contributed by atoms with E-state index in [9.17, 15) is 9.18 Å². The topological polar surface area (TPSA) is 55.8 Å². The molecule has 2 rings (SSSR count). The molecule has 15 heavy (non-hydrogen) atoms. The Labute approximate surface area is 85.2 Å². The normalized spacial score (nSPS) is 16.9. The van der Waals surface area contributed by atoms with Crippen molar-refractivity contribution in [1.82, 2.24) is 0 Å². The van der Waals surface area contributed by atoms with Gasteiger partial charge in [0.15, 0.2) is 6.29 Å². The molecule has 0 saturated carbocycles. The van der Waals surface area contributed by atoms with E-state index in [1.165, 1.54) is 12.1 Å². The van der Waals surface area contributed by atoms with Gasteiger partial charge in [-0.1, -0.05) is 0 Å². The number of hydrogen-bond donors (Lipinski definition) is 1. The molecule has 1 saturated heterocycles. The van der Waals surface area contributed by atoms with Gasteiger partial charge in [-0.25, -0.2) is 9.18 Å². The second-order valence-electron chi connectivity index (χ2n) is 3.11. The number of rotatable bonds is 2. The lowest BCUT2D eigenvalue weighted by Crippen LogP contribution is -2.05. The third-order valence-corrected chi connectivity index (χ3v) is 2.12. The van der Waals surface area contributed by atoms with E-state index in [-0.39, 0.29) is 11.1 Å². The highest BCUT2D eigenvalue weighted by molar-refractivity contribution is 5.87. The minimum Gasteiger partial charge on any atom is -0.478 e. The molecule has 1 heterocycles. The molecule has 4 nitrogen and oxygen atoms in total. The summed E-state index contributed by atoms with van der Waals surface area (Å²) in [5.41, 5.74) is 0.151. The zero-order chi connectivity index (χ0) is 10.8. The van der Waals surface area contributed by atoms with Crippen LogP contribution in [0.4, 0.5) is 4.39 Å². The number of carboxylic acids is 1. The van der Waals surface area contributed by atoms with Crippen molar-refractivity contribution in [2.24, 2.45) is 0 Å². The fraction of sp³-hybridized carbons (Fsp3) is 0.300. The number of ether oxygens (including phenoxy) is 2. The van der Waals surface area contributed by atoms with E-state index < -0.39 is 18.1 Å². The summed E-state index contributed by atoms with van der Waals surface area (Å²) in [5, 5.41) is 8.74. The predicted octanol–water partition coefficient (Wildman–Crippen LogP) is 1.57. The van der Waals surface area contributed by atoms with E-state index in [0.717, 1.165) is 6.07 Å². The van der Waals surface area contributed by atoms with Crippen LogP contribution in [0.15, 0.2) is 18.2 Å². The Bertz CT molecular complexity index is 385. The van der Waals surface area contributed by atoms with Crippen molar-refractivity contribution in [3.05, 3.63) is 35.1 Å². The first-order valence-corrected chi connectivity index (χ1v) is 4.44. The van der Waals surface area contributed by atoms with Crippen molar-refractivity contribution in [3.63, 3.8) is 0 Å². The van der Waals surface area contributed by atoms with Gasteiger partial charge < -0.3 is 14.6 Å². The van der Waals surface area contributed by atoms with Gasteiger partial charge >= 0.3 is 5.97 Å². The van der Waals surface area contributed by atoms with Crippen LogP contribution in [0.25, 0.3) is 0 Å². The molecule has 0 amide bonds. The first-order chi connectivity index (χ1) is 7.18. The van der Waals surface area contributed by atoms with Crippen LogP contribution in [0, 0.1) is 5.82 Å². The fourth-order valence-corrected chi connectivity index (χ4v) is 1.40. The molecular weight excluding hydrogens is 203 g/mol. The van der Waals surface area contributed by atoms with Gasteiger partial charge in [0.2, 0.25) is 0 Å². The number of carbonyl (C=O) groups is 1. The fourth-order valence-electron chi connectivity index (χ4n) is 1.40. The lowest BCUT2D eigenvalue weighted by molar-refractivity contribution is -0.0465. The summed E-state index contributed by atoms with van der Waals surface area (Å²) >= 11 is 0. The van der Waals surface area contributed by atoms with Crippen LogP contribution >= 0.6 is 0 Å². The molecule has 0 radical (unpaired) electrons. The molecule has 0 spiro atoms. The summed E-state index contributed by atoms with van der Waals surface area (Å²) in [6, 6.07) is 3.54. The molecule has 80 valence electrons. The van der Waals surface area contributed by atoms with E-state index in [1.807, 2.05) is 0 Å². The number of carboxylic acid groups (broad SMARTS) is 1. The van der Waals surface area contributed by atoms with Crippen molar-refractivity contribution < 1.29 is 23.8 Å². The molecule has 0 aliphatic carbocycles. The molecule has 1 fully saturated rings. The van der Waals surface area contributed by atoms with E-state index >= 15 is 0 Å². The van der Waals surface area contributed by atoms with Crippen LogP contribution in [0.3, 0.4) is 0 Å². The molecule has 1 aromatic carbocycles. The minimum absolute atomic E-state index is 0.0190. The third-order valence-electron chi connectivity index (χ3n) is 2.12. The van der Waals surface area contributed by atoms with Gasteiger partial charge in [-0.15, -0.1) is 0 Å². The van der Waals surface area contributed by atoms with Gasteiger partial charge in [-0.3, -0.25) is 0 Å². The molecule has 0 unspecified atom stereocenters. The second kappa shape index (κ2) is 3.96. The standard InChI is InChI=1S/C10H9FO4/c11-8-2-1-6(9(12)13)5-7(8)10-14-3-4-15-10/h1-2,5,10H,3-4H2,(H,12,13). The van der Waals surface area contributed by atoms with Crippen molar-refractivity contribution in [3.8, 4) is 0 Å². The maximum absolute atomic E-state index is 13.3. The van der Waals surface area contributed by atoms with Crippen molar-refractivity contribution >= 4 is 5.97 Å². The zero-order valence-corrected chi connectivity index (χ0v) is 7.77. The first-order valence-electron chi connectivity index (χ1n) is 4.44. The van der Waals surface area contributed by atoms with Gasteiger partial charge in [-0.05, 0) is 18.2 Å². The third kappa shape index (κ3) is 1.98. The van der Waals surface area contributed by atoms with E-state index in [2.05, 4.69) is 0 Å². The van der Waals surface area contributed by atoms with Crippen LogP contribution in [0.1, 0.15) is 22.2 Å². The highest BCUT2D eigenvalue weighted by Crippen LogP contribution is 2.26. The average Bonchev–Trinajstić information content (AvgIpc) is 2.71. The van der Waals surface area contributed by atoms with E-state index in [1.54, 1.807) is 0 Å². The lowest BCUT2D eigenvalue weighted by atomic mass is 10.1. The summed E-state index contributed by atoms with van der Waals surface area (Å²) in [6.07, 6.45) is -0.788. The van der Waals surface area contributed by atoms with E-state index in [4.69, 9.17) is 14.6 Å². The van der Waals surface area contributed by atoms with Crippen LogP contribution < -0.4 is 0 Å². The smallest absolute Gasteiger partial charge is 0.335 e. The molecular formula is C10H9FO4. The second-order valence-corrected chi connectivity index (χ2v) is 3.11. The van der Waals surface area contributed by atoms with Crippen molar-refractivity contribution in [2.75, 3.05) is 13.2 Å². The Kier molecular flexibility index (Phi) is 2.66. The van der Waals surface area contributed by atoms with E-state index in [0.29, 0.717) is 13.2 Å². The van der Waals surface area contributed by atoms with Gasteiger partial charge in [0.1, 0.15) is 5.82 Å². The Morgan fingerprint density at radius 2 is 2.07 bits per heavy atom. The zero-order valence-electron chi connectivity index (χ0n) is 7.77. The van der Waals surface area contributed by atoms with Gasteiger partial charge in [0.25, 0.3) is 0 Å². The van der Waals surface area contributed by atoms with Crippen LogP contribution in [0.2, 0.25) is 0 Å². The molecule has 1 aromatic rings. The maximum atomic E-state index is 13.3. The predicted molar refractivity (Wildman–Crippen MR) is 48.0 cm³/mol. The first kappa shape index (κ1) is 10.1. The number of aromatic carboxylic acids is 1. The Morgan fingerprint density at radius 3 is 2.67 bits per heavy atom. The molecule has 0 atom stereocenters. The summed E-state index contributed by atoms with van der Waals surface area (Å²) in [4.78, 5) is 10.7. The van der Waals surface area contributed by atoms with Gasteiger partial charge in [-0.2, -0.15) is 0 Å². The molecule has 0 aromatic heterocycles. The Balaban J connectivity index is 2.35. The van der Waals surface area contributed by atoms with Crippen LogP contribution in [-0.4, -0.2) is 24.3 Å². The number of hydrogen-bond acceptors (Lipinski definition) is 3. The van der Waals surface area contributed by atoms with Gasteiger partial charge in [0, 0.05) is 5.56 Å². The lowest BCUT2D eigenvalue weighted by Gasteiger charge is -2.10. The SMILES string of the molecule is O=C(O)c1ccc(F)c(C2OCCO2)c1. The Morgan fingerprint density at radius 1 is 1.40 bits per heavy atom. The minimum atomic E-state index is -1.10. The maximum Gasteiger partial charge on any atom is 0.335 e. The van der Waals surface area contributed by atoms with Crippen LogP contribution in [-0.2, 0) is 9.47 Å².